The maximum absolute atomic E-state index is 8.83. The zero-order chi connectivity index (χ0) is 12.8. The highest BCUT2D eigenvalue weighted by atomic mass is 16.5. The third-order valence-electron chi connectivity index (χ3n) is 2.63. The number of hydrogen-bond donors (Lipinski definition) is 1. The van der Waals surface area contributed by atoms with Gasteiger partial charge in [-0.05, 0) is 32.4 Å². The predicted octanol–water partition coefficient (Wildman–Crippen LogP) is 3.07. The van der Waals surface area contributed by atoms with E-state index < -0.39 is 0 Å². The second kappa shape index (κ2) is 6.13. The smallest absolute Gasteiger partial charge is 0.132 e. The molecule has 4 heteroatoms. The molecular weight excluding hydrogens is 218 g/mol. The van der Waals surface area contributed by atoms with Gasteiger partial charge in [-0.1, -0.05) is 12.1 Å². The summed E-state index contributed by atoms with van der Waals surface area (Å²) < 4.78 is 10.9. The molecule has 0 bridgehead atoms. The van der Waals surface area contributed by atoms with E-state index in [0.717, 1.165) is 17.7 Å². The van der Waals surface area contributed by atoms with Crippen molar-refractivity contribution in [2.24, 2.45) is 5.16 Å². The summed E-state index contributed by atoms with van der Waals surface area (Å²) in [5.74, 6) is 1.40. The Bertz CT molecular complexity index is 402. The average Bonchev–Trinajstić information content (AvgIpc) is 2.37. The Hall–Kier alpha value is -1.71. The second-order valence-electron chi connectivity index (χ2n) is 3.88. The molecule has 0 aromatic heterocycles. The molecule has 1 atom stereocenters. The molecule has 1 rings (SSSR count). The van der Waals surface area contributed by atoms with Gasteiger partial charge in [0.05, 0.1) is 18.9 Å². The van der Waals surface area contributed by atoms with Crippen LogP contribution >= 0.6 is 0 Å². The van der Waals surface area contributed by atoms with Crippen molar-refractivity contribution in [3.63, 3.8) is 0 Å². The fourth-order valence-electron chi connectivity index (χ4n) is 1.38. The maximum atomic E-state index is 8.83. The van der Waals surface area contributed by atoms with Gasteiger partial charge < -0.3 is 14.7 Å². The second-order valence-corrected chi connectivity index (χ2v) is 3.88. The highest BCUT2D eigenvalue weighted by Crippen LogP contribution is 2.26. The molecule has 4 nitrogen and oxygen atoms in total. The maximum Gasteiger partial charge on any atom is 0.132 e. The zero-order valence-corrected chi connectivity index (χ0v) is 10.7. The molecule has 1 aromatic rings. The van der Waals surface area contributed by atoms with Crippen LogP contribution in [0.4, 0.5) is 0 Å². The van der Waals surface area contributed by atoms with Crippen LogP contribution in [-0.4, -0.2) is 24.1 Å². The van der Waals surface area contributed by atoms with Crippen LogP contribution in [0.1, 0.15) is 32.8 Å². The fraction of sp³-hybridized carbons (Fsp3) is 0.462. The molecule has 0 saturated heterocycles. The van der Waals surface area contributed by atoms with Crippen LogP contribution < -0.4 is 9.47 Å². The van der Waals surface area contributed by atoms with Crippen LogP contribution in [0.25, 0.3) is 0 Å². The predicted molar refractivity (Wildman–Crippen MR) is 67.4 cm³/mol. The van der Waals surface area contributed by atoms with E-state index in [1.165, 1.54) is 0 Å². The SMILES string of the molecule is CCC(C)Oc1cc(OC)ccc1/C(C)=N/O. The highest BCUT2D eigenvalue weighted by Gasteiger charge is 2.11. The number of rotatable bonds is 5. The Kier molecular flexibility index (Phi) is 4.82. The number of oxime groups is 1. The van der Waals surface area contributed by atoms with E-state index in [0.29, 0.717) is 11.5 Å². The van der Waals surface area contributed by atoms with Crippen LogP contribution in [0, 0.1) is 0 Å². The van der Waals surface area contributed by atoms with Gasteiger partial charge in [-0.3, -0.25) is 0 Å². The molecular formula is C13H19NO3. The van der Waals surface area contributed by atoms with Crippen LogP contribution in [0.5, 0.6) is 11.5 Å². The first-order valence-corrected chi connectivity index (χ1v) is 5.66. The van der Waals surface area contributed by atoms with Gasteiger partial charge in [0.15, 0.2) is 0 Å². The Morgan fingerprint density at radius 3 is 2.71 bits per heavy atom. The Morgan fingerprint density at radius 1 is 1.47 bits per heavy atom. The fourth-order valence-corrected chi connectivity index (χ4v) is 1.38. The van der Waals surface area contributed by atoms with E-state index >= 15 is 0 Å². The van der Waals surface area contributed by atoms with Crippen molar-refractivity contribution in [3.8, 4) is 11.5 Å². The van der Waals surface area contributed by atoms with Gasteiger partial charge in [0.2, 0.25) is 0 Å². The van der Waals surface area contributed by atoms with Crippen LogP contribution in [-0.2, 0) is 0 Å². The standard InChI is InChI=1S/C13H19NO3/c1-5-9(2)17-13-8-11(16-4)6-7-12(13)10(3)14-15/h6-9,15H,5H2,1-4H3/b14-10+. The first kappa shape index (κ1) is 13.4. The van der Waals surface area contributed by atoms with Gasteiger partial charge in [0.25, 0.3) is 0 Å². The molecule has 1 N–H and O–H groups in total. The topological polar surface area (TPSA) is 51.0 Å². The lowest BCUT2D eigenvalue weighted by atomic mass is 10.1. The third kappa shape index (κ3) is 3.37. The molecule has 1 aromatic carbocycles. The van der Waals surface area contributed by atoms with Crippen molar-refractivity contribution in [1.29, 1.82) is 0 Å². The van der Waals surface area contributed by atoms with E-state index in [9.17, 15) is 0 Å². The van der Waals surface area contributed by atoms with Crippen molar-refractivity contribution in [3.05, 3.63) is 23.8 Å². The summed E-state index contributed by atoms with van der Waals surface area (Å²) in [6, 6.07) is 5.44. The molecule has 1 unspecified atom stereocenters. The molecule has 0 saturated carbocycles. The normalized spacial score (nSPS) is 13.3. The molecule has 0 aliphatic carbocycles. The third-order valence-corrected chi connectivity index (χ3v) is 2.63. The van der Waals surface area contributed by atoms with Crippen LogP contribution in [0.15, 0.2) is 23.4 Å². The Morgan fingerprint density at radius 2 is 2.18 bits per heavy atom. The summed E-state index contributed by atoms with van der Waals surface area (Å²) in [6.07, 6.45) is 1.01. The minimum absolute atomic E-state index is 0.104. The number of nitrogens with zero attached hydrogens (tertiary/aromatic N) is 1. The lowest BCUT2D eigenvalue weighted by Gasteiger charge is -2.16. The number of benzene rings is 1. The van der Waals surface area contributed by atoms with Crippen molar-refractivity contribution < 1.29 is 14.7 Å². The monoisotopic (exact) mass is 237 g/mol. The summed E-state index contributed by atoms with van der Waals surface area (Å²) in [7, 11) is 1.61. The van der Waals surface area contributed by atoms with E-state index in [2.05, 4.69) is 12.1 Å². The van der Waals surface area contributed by atoms with Gasteiger partial charge >= 0.3 is 0 Å². The van der Waals surface area contributed by atoms with E-state index in [4.69, 9.17) is 14.7 Å². The summed E-state index contributed by atoms with van der Waals surface area (Å²) >= 11 is 0. The highest BCUT2D eigenvalue weighted by molar-refractivity contribution is 6.00. The minimum atomic E-state index is 0.104. The summed E-state index contributed by atoms with van der Waals surface area (Å²) in [5.41, 5.74) is 1.29. The van der Waals surface area contributed by atoms with E-state index in [-0.39, 0.29) is 6.10 Å². The van der Waals surface area contributed by atoms with Gasteiger partial charge in [-0.2, -0.15) is 0 Å². The molecule has 0 amide bonds. The summed E-state index contributed by atoms with van der Waals surface area (Å²) in [5, 5.41) is 12.0. The van der Waals surface area contributed by atoms with Gasteiger partial charge in [-0.25, -0.2) is 0 Å². The van der Waals surface area contributed by atoms with Gasteiger partial charge in [0, 0.05) is 11.6 Å². The molecule has 0 aliphatic heterocycles. The molecule has 94 valence electrons. The summed E-state index contributed by atoms with van der Waals surface area (Å²) in [4.78, 5) is 0. The lowest BCUT2D eigenvalue weighted by molar-refractivity contribution is 0.216. The first-order chi connectivity index (χ1) is 8.12. The molecule has 0 fully saturated rings. The van der Waals surface area contributed by atoms with Crippen LogP contribution in [0.3, 0.4) is 0 Å². The molecule has 0 aliphatic rings. The summed E-state index contributed by atoms with van der Waals surface area (Å²) in [6.45, 7) is 5.78. The molecule has 0 radical (unpaired) electrons. The van der Waals surface area contributed by atoms with Crippen LogP contribution in [0.2, 0.25) is 0 Å². The first-order valence-electron chi connectivity index (χ1n) is 5.66. The van der Waals surface area contributed by atoms with Crippen molar-refractivity contribution in [2.45, 2.75) is 33.3 Å². The van der Waals surface area contributed by atoms with E-state index in [1.807, 2.05) is 19.1 Å². The number of ether oxygens (including phenoxy) is 2. The number of methoxy groups -OCH3 is 1. The van der Waals surface area contributed by atoms with Gasteiger partial charge in [-0.15, -0.1) is 0 Å². The van der Waals surface area contributed by atoms with Crippen molar-refractivity contribution in [2.75, 3.05) is 7.11 Å². The van der Waals surface area contributed by atoms with Crippen molar-refractivity contribution in [1.82, 2.24) is 0 Å². The molecule has 0 spiro atoms. The number of hydrogen-bond acceptors (Lipinski definition) is 4. The average molecular weight is 237 g/mol. The van der Waals surface area contributed by atoms with E-state index in [1.54, 1.807) is 20.1 Å². The van der Waals surface area contributed by atoms with Gasteiger partial charge in [0.1, 0.15) is 11.5 Å². The largest absolute Gasteiger partial charge is 0.497 e. The minimum Gasteiger partial charge on any atom is -0.497 e. The lowest BCUT2D eigenvalue weighted by Crippen LogP contribution is -2.12. The molecule has 0 heterocycles. The Balaban J connectivity index is 3.11. The quantitative estimate of drug-likeness (QED) is 0.486. The van der Waals surface area contributed by atoms with Crippen molar-refractivity contribution >= 4 is 5.71 Å². The zero-order valence-electron chi connectivity index (χ0n) is 10.7. The molecule has 17 heavy (non-hydrogen) atoms. The Labute approximate surface area is 102 Å².